The normalized spacial score (nSPS) is 31.8. The minimum Gasteiger partial charge on any atom is -0.480 e. The molecule has 0 saturated heterocycles. The number of rotatable bonds is 6. The molecule has 0 amide bonds. The van der Waals surface area contributed by atoms with Crippen LogP contribution in [0.4, 0.5) is 0 Å². The lowest BCUT2D eigenvalue weighted by molar-refractivity contribution is -0.140. The third kappa shape index (κ3) is 3.28. The molecule has 2 aliphatic rings. The van der Waals surface area contributed by atoms with Crippen molar-refractivity contribution in [2.45, 2.75) is 52.0 Å². The van der Waals surface area contributed by atoms with E-state index in [0.717, 1.165) is 32.1 Å². The maximum Gasteiger partial charge on any atom is 0.321 e. The van der Waals surface area contributed by atoms with Gasteiger partial charge in [-0.1, -0.05) is 13.8 Å². The van der Waals surface area contributed by atoms with E-state index in [4.69, 9.17) is 5.11 Å². The molecule has 0 spiro atoms. The highest BCUT2D eigenvalue weighted by Gasteiger charge is 2.47. The van der Waals surface area contributed by atoms with Gasteiger partial charge in [0, 0.05) is 0 Å². The first-order valence-corrected chi connectivity index (χ1v) is 8.61. The molecule has 1 atom stereocenters. The Kier molecular flexibility index (Phi) is 3.93. The summed E-state index contributed by atoms with van der Waals surface area (Å²) in [6, 6.07) is -1.03. The van der Waals surface area contributed by atoms with E-state index in [1.54, 1.807) is 13.8 Å². The van der Waals surface area contributed by atoms with Gasteiger partial charge in [-0.15, -0.1) is 0 Å². The molecule has 2 N–H and O–H groups in total. The minimum atomic E-state index is -3.53. The number of nitrogens with one attached hydrogen (secondary N) is 1. The second-order valence-electron chi connectivity index (χ2n) is 6.58. The fourth-order valence-electron chi connectivity index (χ4n) is 3.62. The fourth-order valence-corrected chi connectivity index (χ4v) is 5.68. The summed E-state index contributed by atoms with van der Waals surface area (Å²) >= 11 is 0. The lowest BCUT2D eigenvalue weighted by atomic mass is 9.87. The molecule has 0 unspecified atom stereocenters. The molecule has 2 saturated carbocycles. The molecule has 2 rings (SSSR count). The fraction of sp³-hybridized carbons (Fsp3) is 0.923. The van der Waals surface area contributed by atoms with Crippen molar-refractivity contribution in [2.24, 2.45) is 17.3 Å². The zero-order valence-electron chi connectivity index (χ0n) is 11.6. The number of hydrogen-bond donors (Lipinski definition) is 2. The molecule has 0 heterocycles. The first kappa shape index (κ1) is 14.8. The van der Waals surface area contributed by atoms with E-state index >= 15 is 0 Å². The standard InChI is InChI=1S/C13H23NO4S/c1-9(2)11(12(15)16)14-19(17,18)8-13-5-3-10(7-13)4-6-13/h9-11,14H,3-8H2,1-2H3,(H,15,16)/t10?,11-,13?/m1/s1. The van der Waals surface area contributed by atoms with Gasteiger partial charge in [-0.2, -0.15) is 0 Å². The maximum atomic E-state index is 12.2. The van der Waals surface area contributed by atoms with Crippen LogP contribution in [0.2, 0.25) is 0 Å². The molecule has 2 aliphatic carbocycles. The Morgan fingerprint density at radius 3 is 2.32 bits per heavy atom. The van der Waals surface area contributed by atoms with Crippen LogP contribution in [0.25, 0.3) is 0 Å². The summed E-state index contributed by atoms with van der Waals surface area (Å²) in [4.78, 5) is 11.1. The van der Waals surface area contributed by atoms with Gasteiger partial charge in [0.1, 0.15) is 6.04 Å². The lowest BCUT2D eigenvalue weighted by Crippen LogP contribution is -2.47. The number of carboxylic acids is 1. The number of carboxylic acid groups (broad SMARTS) is 1. The summed E-state index contributed by atoms with van der Waals surface area (Å²) in [6.07, 6.45) is 5.19. The SMILES string of the molecule is CC(C)[C@@H](NS(=O)(=O)CC12CCC(CC1)C2)C(=O)O. The smallest absolute Gasteiger partial charge is 0.321 e. The van der Waals surface area contributed by atoms with Crippen LogP contribution in [0.15, 0.2) is 0 Å². The van der Waals surface area contributed by atoms with Crippen molar-refractivity contribution in [3.63, 3.8) is 0 Å². The highest BCUT2D eigenvalue weighted by molar-refractivity contribution is 7.89. The average Bonchev–Trinajstić information content (AvgIpc) is 2.83. The monoisotopic (exact) mass is 289 g/mol. The molecule has 110 valence electrons. The molecule has 0 aromatic rings. The van der Waals surface area contributed by atoms with E-state index in [2.05, 4.69) is 4.72 Å². The Balaban J connectivity index is 2.04. The van der Waals surface area contributed by atoms with Crippen molar-refractivity contribution in [1.29, 1.82) is 0 Å². The Bertz CT molecular complexity index is 449. The molecule has 2 bridgehead atoms. The van der Waals surface area contributed by atoms with Crippen LogP contribution >= 0.6 is 0 Å². The summed E-state index contributed by atoms with van der Waals surface area (Å²) in [5.41, 5.74) is -0.0868. The Morgan fingerprint density at radius 2 is 1.95 bits per heavy atom. The molecule has 6 heteroatoms. The van der Waals surface area contributed by atoms with Gasteiger partial charge in [0.25, 0.3) is 0 Å². The summed E-state index contributed by atoms with van der Waals surface area (Å²) in [5.74, 6) is -0.584. The Hall–Kier alpha value is -0.620. The Morgan fingerprint density at radius 1 is 1.37 bits per heavy atom. The van der Waals surface area contributed by atoms with E-state index in [0.29, 0.717) is 5.92 Å². The van der Waals surface area contributed by atoms with Crippen molar-refractivity contribution < 1.29 is 18.3 Å². The van der Waals surface area contributed by atoms with Crippen LogP contribution in [0.5, 0.6) is 0 Å². The summed E-state index contributed by atoms with van der Waals surface area (Å²) in [6.45, 7) is 3.42. The lowest BCUT2D eigenvalue weighted by Gasteiger charge is -2.27. The van der Waals surface area contributed by atoms with Gasteiger partial charge in [0.15, 0.2) is 0 Å². The van der Waals surface area contributed by atoms with Gasteiger partial charge in [-0.05, 0) is 49.4 Å². The molecule has 2 fully saturated rings. The zero-order valence-corrected chi connectivity index (χ0v) is 12.4. The minimum absolute atomic E-state index is 0.0868. The van der Waals surface area contributed by atoms with Crippen molar-refractivity contribution >= 4 is 16.0 Å². The maximum absolute atomic E-state index is 12.2. The highest BCUT2D eigenvalue weighted by atomic mass is 32.2. The van der Waals surface area contributed by atoms with E-state index in [1.807, 2.05) is 0 Å². The second-order valence-corrected chi connectivity index (χ2v) is 8.34. The van der Waals surface area contributed by atoms with Gasteiger partial charge < -0.3 is 5.11 Å². The van der Waals surface area contributed by atoms with E-state index in [-0.39, 0.29) is 17.1 Å². The molecular formula is C13H23NO4S. The van der Waals surface area contributed by atoms with Crippen LogP contribution in [0.1, 0.15) is 46.0 Å². The average molecular weight is 289 g/mol. The predicted molar refractivity (Wildman–Crippen MR) is 72.2 cm³/mol. The van der Waals surface area contributed by atoms with Crippen molar-refractivity contribution in [2.75, 3.05) is 5.75 Å². The van der Waals surface area contributed by atoms with E-state index in [9.17, 15) is 13.2 Å². The predicted octanol–water partition coefficient (Wildman–Crippen LogP) is 1.60. The first-order valence-electron chi connectivity index (χ1n) is 6.96. The summed E-state index contributed by atoms with van der Waals surface area (Å²) < 4.78 is 26.8. The number of sulfonamides is 1. The van der Waals surface area contributed by atoms with Crippen LogP contribution in [-0.4, -0.2) is 31.3 Å². The van der Waals surface area contributed by atoms with Crippen molar-refractivity contribution in [3.05, 3.63) is 0 Å². The van der Waals surface area contributed by atoms with Gasteiger partial charge in [-0.25, -0.2) is 13.1 Å². The number of fused-ring (bicyclic) bond motifs is 2. The zero-order chi connectivity index (χ0) is 14.3. The van der Waals surface area contributed by atoms with Crippen LogP contribution < -0.4 is 4.72 Å². The van der Waals surface area contributed by atoms with Gasteiger partial charge in [0.05, 0.1) is 5.75 Å². The van der Waals surface area contributed by atoms with Gasteiger partial charge >= 0.3 is 5.97 Å². The number of hydrogen-bond acceptors (Lipinski definition) is 3. The molecule has 0 aromatic heterocycles. The highest BCUT2D eigenvalue weighted by Crippen LogP contribution is 2.54. The molecule has 0 aromatic carbocycles. The third-order valence-corrected chi connectivity index (χ3v) is 6.23. The molecule has 0 aliphatic heterocycles. The summed E-state index contributed by atoms with van der Waals surface area (Å²) in [5, 5.41) is 9.07. The van der Waals surface area contributed by atoms with Crippen LogP contribution in [-0.2, 0) is 14.8 Å². The number of carbonyl (C=O) groups is 1. The largest absolute Gasteiger partial charge is 0.480 e. The topological polar surface area (TPSA) is 83.5 Å². The van der Waals surface area contributed by atoms with E-state index in [1.165, 1.54) is 0 Å². The van der Waals surface area contributed by atoms with Crippen molar-refractivity contribution in [1.82, 2.24) is 4.72 Å². The van der Waals surface area contributed by atoms with Gasteiger partial charge in [-0.3, -0.25) is 4.79 Å². The van der Waals surface area contributed by atoms with Crippen LogP contribution in [0.3, 0.4) is 0 Å². The van der Waals surface area contributed by atoms with E-state index < -0.39 is 22.0 Å². The molecular weight excluding hydrogens is 266 g/mol. The Labute approximate surface area is 114 Å². The second kappa shape index (κ2) is 5.05. The van der Waals surface area contributed by atoms with Crippen molar-refractivity contribution in [3.8, 4) is 0 Å². The summed E-state index contributed by atoms with van der Waals surface area (Å²) in [7, 11) is -3.53. The molecule has 5 nitrogen and oxygen atoms in total. The van der Waals surface area contributed by atoms with Gasteiger partial charge in [0.2, 0.25) is 10.0 Å². The first-order chi connectivity index (χ1) is 8.73. The number of aliphatic carboxylic acids is 1. The quantitative estimate of drug-likeness (QED) is 0.778. The third-order valence-electron chi connectivity index (χ3n) is 4.62. The molecule has 0 radical (unpaired) electrons. The molecule has 19 heavy (non-hydrogen) atoms. The van der Waals surface area contributed by atoms with Crippen LogP contribution in [0, 0.1) is 17.3 Å².